The molecule has 0 saturated heterocycles. The molecule has 0 aromatic carbocycles. The van der Waals surface area contributed by atoms with E-state index in [0.29, 0.717) is 11.4 Å². The second-order valence-electron chi connectivity index (χ2n) is 4.69. The Kier molecular flexibility index (Phi) is 2.68. The predicted molar refractivity (Wildman–Crippen MR) is 81.9 cm³/mol. The summed E-state index contributed by atoms with van der Waals surface area (Å²) in [4.78, 5) is 13.2. The first-order valence-corrected chi connectivity index (χ1v) is 7.51. The van der Waals surface area contributed by atoms with Gasteiger partial charge in [-0.15, -0.1) is 11.3 Å². The summed E-state index contributed by atoms with van der Waals surface area (Å²) in [5.41, 5.74) is 6.94. The van der Waals surface area contributed by atoms with Crippen molar-refractivity contribution in [1.29, 1.82) is 0 Å². The van der Waals surface area contributed by atoms with Gasteiger partial charge in [-0.2, -0.15) is 5.10 Å². The van der Waals surface area contributed by atoms with E-state index >= 15 is 0 Å². The Bertz CT molecular complexity index is 935. The third kappa shape index (κ3) is 1.74. The lowest BCUT2D eigenvalue weighted by Gasteiger charge is -2.07. The molecule has 106 valence electrons. The zero-order valence-corrected chi connectivity index (χ0v) is 12.4. The molecule has 0 atom stereocenters. The van der Waals surface area contributed by atoms with Gasteiger partial charge in [-0.1, -0.05) is 6.92 Å². The molecule has 4 aromatic rings. The highest BCUT2D eigenvalue weighted by Crippen LogP contribution is 2.34. The molecule has 0 bridgehead atoms. The molecule has 0 unspecified atom stereocenters. The molecule has 7 heteroatoms. The Hall–Kier alpha value is -2.41. The van der Waals surface area contributed by atoms with Gasteiger partial charge in [0, 0.05) is 17.3 Å². The fourth-order valence-corrected chi connectivity index (χ4v) is 3.34. The van der Waals surface area contributed by atoms with Crippen LogP contribution in [0.25, 0.3) is 27.3 Å². The minimum Gasteiger partial charge on any atom is -0.493 e. The molecule has 4 heterocycles. The molecule has 0 aliphatic carbocycles. The van der Waals surface area contributed by atoms with E-state index in [0.717, 1.165) is 28.0 Å². The van der Waals surface area contributed by atoms with Crippen LogP contribution in [0.15, 0.2) is 24.1 Å². The Morgan fingerprint density at radius 3 is 3.10 bits per heavy atom. The molecule has 0 amide bonds. The molecule has 4 rings (SSSR count). The molecule has 4 aromatic heterocycles. The third-order valence-electron chi connectivity index (χ3n) is 3.60. The van der Waals surface area contributed by atoms with Crippen LogP contribution < -0.4 is 4.74 Å². The van der Waals surface area contributed by atoms with E-state index in [1.54, 1.807) is 23.0 Å². The number of ether oxygens (including phenoxy) is 1. The molecule has 0 radical (unpaired) electrons. The fourth-order valence-electron chi connectivity index (χ4n) is 2.63. The standard InChI is InChI=1S/C14H13N5OS/c1-3-9-11(18-14-12(9)16-7-21-14)8-4-10(20-2)13-15-6-17-19(13)5-8/h4-7,18H,3H2,1-2H3. The maximum atomic E-state index is 5.43. The largest absolute Gasteiger partial charge is 0.493 e. The summed E-state index contributed by atoms with van der Waals surface area (Å²) in [6, 6.07) is 1.98. The molecule has 1 N–H and O–H groups in total. The molecule has 0 spiro atoms. The summed E-state index contributed by atoms with van der Waals surface area (Å²) >= 11 is 1.61. The van der Waals surface area contributed by atoms with Crippen LogP contribution in [0.2, 0.25) is 0 Å². The van der Waals surface area contributed by atoms with Gasteiger partial charge in [-0.3, -0.25) is 0 Å². The second kappa shape index (κ2) is 4.56. The van der Waals surface area contributed by atoms with Crippen molar-refractivity contribution in [2.45, 2.75) is 13.3 Å². The lowest BCUT2D eigenvalue weighted by molar-refractivity contribution is 0.416. The predicted octanol–water partition coefficient (Wildman–Crippen LogP) is 2.91. The number of hydrogen-bond donors (Lipinski definition) is 1. The summed E-state index contributed by atoms with van der Waals surface area (Å²) in [6.45, 7) is 2.14. The Balaban J connectivity index is 2.01. The summed E-state index contributed by atoms with van der Waals surface area (Å²) < 4.78 is 7.16. The van der Waals surface area contributed by atoms with Crippen LogP contribution in [0.5, 0.6) is 5.75 Å². The number of rotatable bonds is 3. The topological polar surface area (TPSA) is 68.1 Å². The van der Waals surface area contributed by atoms with Crippen LogP contribution in [-0.4, -0.2) is 31.7 Å². The number of hydrogen-bond acceptors (Lipinski definition) is 5. The van der Waals surface area contributed by atoms with Crippen LogP contribution in [0.1, 0.15) is 12.5 Å². The van der Waals surface area contributed by atoms with Gasteiger partial charge in [0.2, 0.25) is 0 Å². The number of aromatic nitrogens is 5. The van der Waals surface area contributed by atoms with Gasteiger partial charge >= 0.3 is 0 Å². The van der Waals surface area contributed by atoms with E-state index in [1.165, 1.54) is 11.9 Å². The van der Waals surface area contributed by atoms with Gasteiger partial charge in [-0.25, -0.2) is 14.5 Å². The van der Waals surface area contributed by atoms with E-state index in [1.807, 2.05) is 17.8 Å². The zero-order chi connectivity index (χ0) is 14.4. The molecular formula is C14H13N5OS. The maximum absolute atomic E-state index is 5.43. The average Bonchev–Trinajstić information content (AvgIpc) is 3.19. The van der Waals surface area contributed by atoms with Crippen molar-refractivity contribution < 1.29 is 4.74 Å². The number of nitrogens with zero attached hydrogens (tertiary/aromatic N) is 4. The lowest BCUT2D eigenvalue weighted by atomic mass is 10.1. The van der Waals surface area contributed by atoms with E-state index in [-0.39, 0.29) is 0 Å². The van der Waals surface area contributed by atoms with E-state index in [4.69, 9.17) is 4.74 Å². The van der Waals surface area contributed by atoms with Crippen LogP contribution in [0.3, 0.4) is 0 Å². The van der Waals surface area contributed by atoms with Gasteiger partial charge in [-0.05, 0) is 12.5 Å². The highest BCUT2D eigenvalue weighted by Gasteiger charge is 2.16. The molecule has 6 nitrogen and oxygen atoms in total. The monoisotopic (exact) mass is 299 g/mol. The summed E-state index contributed by atoms with van der Waals surface area (Å²) in [5, 5.41) is 4.21. The highest BCUT2D eigenvalue weighted by molar-refractivity contribution is 7.16. The zero-order valence-electron chi connectivity index (χ0n) is 11.6. The van der Waals surface area contributed by atoms with Crippen LogP contribution in [0, 0.1) is 0 Å². The Labute approximate surface area is 124 Å². The number of aromatic amines is 1. The number of fused-ring (bicyclic) bond motifs is 2. The van der Waals surface area contributed by atoms with Crippen molar-refractivity contribution in [3.8, 4) is 17.0 Å². The average molecular weight is 299 g/mol. The summed E-state index contributed by atoms with van der Waals surface area (Å²) in [7, 11) is 1.64. The summed E-state index contributed by atoms with van der Waals surface area (Å²) in [5.74, 6) is 0.706. The smallest absolute Gasteiger partial charge is 0.197 e. The molecule has 21 heavy (non-hydrogen) atoms. The molecule has 0 aliphatic heterocycles. The highest BCUT2D eigenvalue weighted by atomic mass is 32.1. The van der Waals surface area contributed by atoms with Crippen molar-refractivity contribution in [3.63, 3.8) is 0 Å². The van der Waals surface area contributed by atoms with E-state index in [9.17, 15) is 0 Å². The number of methoxy groups -OCH3 is 1. The van der Waals surface area contributed by atoms with E-state index in [2.05, 4.69) is 27.0 Å². The number of aryl methyl sites for hydroxylation is 1. The Morgan fingerprint density at radius 2 is 2.29 bits per heavy atom. The number of thiazole rings is 1. The molecular weight excluding hydrogens is 286 g/mol. The summed E-state index contributed by atoms with van der Waals surface area (Å²) in [6.07, 6.45) is 4.40. The lowest BCUT2D eigenvalue weighted by Crippen LogP contribution is -1.95. The van der Waals surface area contributed by atoms with Gasteiger partial charge in [0.15, 0.2) is 11.4 Å². The first kappa shape index (κ1) is 12.3. The third-order valence-corrected chi connectivity index (χ3v) is 4.34. The molecule has 0 saturated carbocycles. The quantitative estimate of drug-likeness (QED) is 0.631. The van der Waals surface area contributed by atoms with Crippen LogP contribution in [0.4, 0.5) is 0 Å². The van der Waals surface area contributed by atoms with Crippen LogP contribution >= 0.6 is 11.3 Å². The minimum absolute atomic E-state index is 0.706. The maximum Gasteiger partial charge on any atom is 0.197 e. The van der Waals surface area contributed by atoms with Crippen molar-refractivity contribution in [2.75, 3.05) is 7.11 Å². The SMILES string of the molecule is CCc1c(-c2cc(OC)c3ncnn3c2)[nH]c2scnc12. The fraction of sp³-hybridized carbons (Fsp3) is 0.214. The number of pyridine rings is 1. The second-order valence-corrected chi connectivity index (χ2v) is 5.54. The number of nitrogens with one attached hydrogen (secondary N) is 1. The normalized spacial score (nSPS) is 11.5. The van der Waals surface area contributed by atoms with Crippen molar-refractivity contribution in [2.24, 2.45) is 0 Å². The molecule has 0 aliphatic rings. The van der Waals surface area contributed by atoms with Gasteiger partial charge in [0.05, 0.1) is 18.3 Å². The van der Waals surface area contributed by atoms with Gasteiger partial charge in [0.25, 0.3) is 0 Å². The van der Waals surface area contributed by atoms with Crippen molar-refractivity contribution in [1.82, 2.24) is 24.6 Å². The first-order chi connectivity index (χ1) is 10.3. The number of H-pyrrole nitrogens is 1. The minimum atomic E-state index is 0.706. The molecule has 0 fully saturated rings. The van der Waals surface area contributed by atoms with E-state index < -0.39 is 0 Å². The Morgan fingerprint density at radius 1 is 1.38 bits per heavy atom. The van der Waals surface area contributed by atoms with Crippen molar-refractivity contribution in [3.05, 3.63) is 29.7 Å². The van der Waals surface area contributed by atoms with Gasteiger partial charge < -0.3 is 9.72 Å². The van der Waals surface area contributed by atoms with Crippen molar-refractivity contribution >= 4 is 27.3 Å². The first-order valence-electron chi connectivity index (χ1n) is 6.63. The van der Waals surface area contributed by atoms with Crippen LogP contribution in [-0.2, 0) is 6.42 Å². The van der Waals surface area contributed by atoms with Gasteiger partial charge in [0.1, 0.15) is 16.7 Å².